The standard InChI is InChI=1S/C25H27N7O5S3/c1-5-38-25-31-29-23(40-25)27-21(33)14-39-24-30-28-20(13-26-22(34)16-8-6-7-9-18(16)36-3)32(24)17-12-15(35-2)10-11-19(17)37-4/h6-12H,5,13-14H2,1-4H3,(H,26,34)(H,27,29,33). The molecule has 0 saturated carbocycles. The summed E-state index contributed by atoms with van der Waals surface area (Å²) >= 11 is 4.05. The van der Waals surface area contributed by atoms with Crippen molar-refractivity contribution in [3.05, 3.63) is 53.9 Å². The number of ether oxygens (including phenoxy) is 3. The van der Waals surface area contributed by atoms with E-state index in [0.717, 1.165) is 10.1 Å². The van der Waals surface area contributed by atoms with E-state index in [1.54, 1.807) is 73.0 Å². The zero-order valence-electron chi connectivity index (χ0n) is 22.2. The average molecular weight is 602 g/mol. The van der Waals surface area contributed by atoms with Gasteiger partial charge in [0.1, 0.15) is 17.2 Å². The quantitative estimate of drug-likeness (QED) is 0.170. The van der Waals surface area contributed by atoms with Crippen LogP contribution in [0.4, 0.5) is 5.13 Å². The largest absolute Gasteiger partial charge is 0.497 e. The zero-order valence-corrected chi connectivity index (χ0v) is 24.6. The van der Waals surface area contributed by atoms with E-state index in [1.165, 1.54) is 30.2 Å². The molecule has 2 amide bonds. The van der Waals surface area contributed by atoms with Crippen LogP contribution in [0.3, 0.4) is 0 Å². The van der Waals surface area contributed by atoms with Crippen molar-refractivity contribution in [2.24, 2.45) is 0 Å². The van der Waals surface area contributed by atoms with Gasteiger partial charge in [0.15, 0.2) is 15.3 Å². The van der Waals surface area contributed by atoms with Crippen LogP contribution < -0.4 is 24.8 Å². The first-order chi connectivity index (χ1) is 19.5. The molecule has 0 aliphatic rings. The molecule has 0 aliphatic carbocycles. The first kappa shape index (κ1) is 29.2. The highest BCUT2D eigenvalue weighted by Crippen LogP contribution is 2.32. The third-order valence-electron chi connectivity index (χ3n) is 5.34. The molecule has 210 valence electrons. The number of thioether (sulfide) groups is 2. The first-order valence-corrected chi connectivity index (χ1v) is 14.7. The SMILES string of the molecule is CCSc1nnc(NC(=O)CSc2nnc(CNC(=O)c3ccccc3OC)n2-c2cc(OC)ccc2OC)s1. The Bertz CT molecular complexity index is 1480. The highest BCUT2D eigenvalue weighted by atomic mass is 32.2. The van der Waals surface area contributed by atoms with E-state index in [-0.39, 0.29) is 24.1 Å². The average Bonchev–Trinajstić information content (AvgIpc) is 3.60. The molecule has 40 heavy (non-hydrogen) atoms. The molecule has 0 saturated heterocycles. The molecule has 2 aromatic carbocycles. The van der Waals surface area contributed by atoms with Gasteiger partial charge in [-0.1, -0.05) is 53.9 Å². The molecule has 0 atom stereocenters. The monoisotopic (exact) mass is 601 g/mol. The van der Waals surface area contributed by atoms with E-state index in [9.17, 15) is 9.59 Å². The molecule has 15 heteroatoms. The van der Waals surface area contributed by atoms with Crippen LogP contribution in [-0.2, 0) is 11.3 Å². The Morgan fingerprint density at radius 2 is 1.75 bits per heavy atom. The van der Waals surface area contributed by atoms with Gasteiger partial charge in [0, 0.05) is 6.07 Å². The number of hydrogen-bond donors (Lipinski definition) is 2. The highest BCUT2D eigenvalue weighted by molar-refractivity contribution is 8.01. The lowest BCUT2D eigenvalue weighted by Crippen LogP contribution is -2.25. The Hall–Kier alpha value is -3.82. The number of carbonyl (C=O) groups excluding carboxylic acids is 2. The molecule has 12 nitrogen and oxygen atoms in total. The second-order valence-corrected chi connectivity index (χ2v) is 11.2. The van der Waals surface area contributed by atoms with Crippen molar-refractivity contribution in [1.82, 2.24) is 30.3 Å². The molecule has 0 radical (unpaired) electrons. The number of anilines is 1. The van der Waals surface area contributed by atoms with E-state index in [2.05, 4.69) is 31.0 Å². The summed E-state index contributed by atoms with van der Waals surface area (Å²) in [5.41, 5.74) is 0.972. The number of rotatable bonds is 13. The number of nitrogens with one attached hydrogen (secondary N) is 2. The fourth-order valence-corrected chi connectivity index (χ4v) is 5.96. The van der Waals surface area contributed by atoms with E-state index < -0.39 is 0 Å². The maximum atomic E-state index is 12.9. The second kappa shape index (κ2) is 14.0. The van der Waals surface area contributed by atoms with Crippen molar-refractivity contribution in [2.75, 3.05) is 38.2 Å². The van der Waals surface area contributed by atoms with Crippen LogP contribution in [-0.4, -0.2) is 69.6 Å². The summed E-state index contributed by atoms with van der Waals surface area (Å²) in [6.45, 7) is 2.06. The third-order valence-corrected chi connectivity index (χ3v) is 8.12. The van der Waals surface area contributed by atoms with Crippen molar-refractivity contribution in [3.8, 4) is 22.9 Å². The van der Waals surface area contributed by atoms with Crippen LogP contribution >= 0.6 is 34.9 Å². The van der Waals surface area contributed by atoms with Crippen LogP contribution in [0.1, 0.15) is 23.1 Å². The highest BCUT2D eigenvalue weighted by Gasteiger charge is 2.21. The minimum absolute atomic E-state index is 0.0355. The fraction of sp³-hybridized carbons (Fsp3) is 0.280. The number of benzene rings is 2. The number of amides is 2. The molecule has 0 bridgehead atoms. The van der Waals surface area contributed by atoms with Crippen molar-refractivity contribution in [2.45, 2.75) is 23.0 Å². The maximum absolute atomic E-state index is 12.9. The van der Waals surface area contributed by atoms with Crippen molar-refractivity contribution >= 4 is 51.8 Å². The molecule has 0 unspecified atom stereocenters. The number of nitrogens with zero attached hydrogens (tertiary/aromatic N) is 5. The minimum atomic E-state index is -0.337. The van der Waals surface area contributed by atoms with Gasteiger partial charge in [-0.2, -0.15) is 0 Å². The second-order valence-electron chi connectivity index (χ2n) is 7.80. The molecule has 0 fully saturated rings. The summed E-state index contributed by atoms with van der Waals surface area (Å²) in [4.78, 5) is 25.6. The number of para-hydroxylation sites is 1. The molecular formula is C25H27N7O5S3. The van der Waals surface area contributed by atoms with E-state index in [4.69, 9.17) is 14.2 Å². The lowest BCUT2D eigenvalue weighted by molar-refractivity contribution is -0.113. The number of aromatic nitrogens is 5. The van der Waals surface area contributed by atoms with Gasteiger partial charge in [-0.05, 0) is 30.0 Å². The minimum Gasteiger partial charge on any atom is -0.497 e. The van der Waals surface area contributed by atoms with Crippen molar-refractivity contribution in [1.29, 1.82) is 0 Å². The summed E-state index contributed by atoms with van der Waals surface area (Å²) in [6, 6.07) is 12.2. The lowest BCUT2D eigenvalue weighted by Gasteiger charge is -2.15. The third kappa shape index (κ3) is 7.03. The Balaban J connectivity index is 1.57. The van der Waals surface area contributed by atoms with E-state index in [1.807, 2.05) is 6.92 Å². The normalized spacial score (nSPS) is 10.7. The molecular weight excluding hydrogens is 575 g/mol. The molecule has 0 spiro atoms. The summed E-state index contributed by atoms with van der Waals surface area (Å²) < 4.78 is 18.8. The van der Waals surface area contributed by atoms with Crippen molar-refractivity contribution in [3.63, 3.8) is 0 Å². The topological polar surface area (TPSA) is 142 Å². The van der Waals surface area contributed by atoms with Gasteiger partial charge < -0.3 is 19.5 Å². The Kier molecular flexibility index (Phi) is 10.2. The predicted molar refractivity (Wildman–Crippen MR) is 154 cm³/mol. The van der Waals surface area contributed by atoms with Crippen molar-refractivity contribution < 1.29 is 23.8 Å². The fourth-order valence-electron chi connectivity index (χ4n) is 3.54. The number of methoxy groups -OCH3 is 3. The lowest BCUT2D eigenvalue weighted by atomic mass is 10.2. The smallest absolute Gasteiger partial charge is 0.255 e. The molecule has 2 heterocycles. The molecule has 4 rings (SSSR count). The van der Waals surface area contributed by atoms with Gasteiger partial charge in [0.05, 0.1) is 44.9 Å². The van der Waals surface area contributed by atoms with Gasteiger partial charge in [-0.15, -0.1) is 20.4 Å². The summed E-state index contributed by atoms with van der Waals surface area (Å²) in [6.07, 6.45) is 0. The maximum Gasteiger partial charge on any atom is 0.255 e. The van der Waals surface area contributed by atoms with Crippen LogP contribution in [0.5, 0.6) is 17.2 Å². The number of hydrogen-bond acceptors (Lipinski definition) is 12. The van der Waals surface area contributed by atoms with E-state index in [0.29, 0.717) is 44.6 Å². The van der Waals surface area contributed by atoms with Gasteiger partial charge in [0.2, 0.25) is 11.0 Å². The Morgan fingerprint density at radius 1 is 0.950 bits per heavy atom. The van der Waals surface area contributed by atoms with Gasteiger partial charge in [-0.25, -0.2) is 0 Å². The van der Waals surface area contributed by atoms with Gasteiger partial charge in [-0.3, -0.25) is 19.5 Å². The Labute approximate surface area is 243 Å². The zero-order chi connectivity index (χ0) is 28.5. The predicted octanol–water partition coefficient (Wildman–Crippen LogP) is 3.92. The first-order valence-electron chi connectivity index (χ1n) is 11.9. The molecule has 2 N–H and O–H groups in total. The van der Waals surface area contributed by atoms with Crippen LogP contribution in [0.15, 0.2) is 52.0 Å². The summed E-state index contributed by atoms with van der Waals surface area (Å²) in [5, 5.41) is 23.2. The van der Waals surface area contributed by atoms with Gasteiger partial charge in [0.25, 0.3) is 5.91 Å². The Morgan fingerprint density at radius 3 is 2.50 bits per heavy atom. The number of carbonyl (C=O) groups is 2. The molecule has 4 aromatic rings. The van der Waals surface area contributed by atoms with Crippen LogP contribution in [0.25, 0.3) is 5.69 Å². The summed E-state index contributed by atoms with van der Waals surface area (Å²) in [5.74, 6) is 2.27. The van der Waals surface area contributed by atoms with Crippen LogP contribution in [0.2, 0.25) is 0 Å². The molecule has 0 aliphatic heterocycles. The van der Waals surface area contributed by atoms with E-state index >= 15 is 0 Å². The van der Waals surface area contributed by atoms with Crippen LogP contribution in [0, 0.1) is 0 Å². The molecule has 2 aromatic heterocycles. The summed E-state index contributed by atoms with van der Waals surface area (Å²) in [7, 11) is 4.61. The van der Waals surface area contributed by atoms with Gasteiger partial charge >= 0.3 is 0 Å².